The number of benzene rings is 1. The van der Waals surface area contributed by atoms with Crippen molar-refractivity contribution in [3.05, 3.63) is 48.3 Å². The van der Waals surface area contributed by atoms with Crippen LogP contribution in [0.25, 0.3) is 0 Å². The highest BCUT2D eigenvalue weighted by Gasteiger charge is 2.14. The Balaban J connectivity index is 1.63. The van der Waals surface area contributed by atoms with E-state index in [0.717, 1.165) is 5.69 Å². The molecule has 0 atom stereocenters. The van der Waals surface area contributed by atoms with Crippen LogP contribution in [0, 0.1) is 0 Å². The van der Waals surface area contributed by atoms with Crippen molar-refractivity contribution in [2.75, 3.05) is 10.6 Å². The lowest BCUT2D eigenvalue weighted by Gasteiger charge is -2.23. The molecule has 1 heterocycles. The maximum atomic E-state index is 12.5. The molecule has 1 fully saturated rings. The van der Waals surface area contributed by atoms with Crippen LogP contribution in [0.15, 0.2) is 42.6 Å². The fourth-order valence-corrected chi connectivity index (χ4v) is 3.21. The second-order valence-electron chi connectivity index (χ2n) is 7.03. The molecule has 0 spiro atoms. The zero-order valence-electron chi connectivity index (χ0n) is 15.5. The number of hydrogen-bond acceptors (Lipinski definition) is 4. The molecule has 3 rings (SSSR count). The average molecular weight is 353 g/mol. The summed E-state index contributed by atoms with van der Waals surface area (Å²) in [6.07, 6.45) is 8.07. The number of para-hydroxylation sites is 2. The summed E-state index contributed by atoms with van der Waals surface area (Å²) in [6.45, 7) is 3.91. The Morgan fingerprint density at radius 1 is 1.12 bits per heavy atom. The number of aromatic nitrogens is 1. The van der Waals surface area contributed by atoms with Gasteiger partial charge >= 0.3 is 0 Å². The number of nitrogens with zero attached hydrogens (tertiary/aromatic N) is 1. The molecule has 0 aliphatic heterocycles. The zero-order chi connectivity index (χ0) is 18.4. The van der Waals surface area contributed by atoms with E-state index in [1.165, 1.54) is 32.1 Å². The molecule has 2 N–H and O–H groups in total. The third kappa shape index (κ3) is 4.97. The Hall–Kier alpha value is -2.56. The zero-order valence-corrected chi connectivity index (χ0v) is 15.5. The van der Waals surface area contributed by atoms with Gasteiger partial charge in [0.15, 0.2) is 0 Å². The van der Waals surface area contributed by atoms with Crippen molar-refractivity contribution >= 4 is 17.3 Å². The van der Waals surface area contributed by atoms with E-state index in [2.05, 4.69) is 15.6 Å². The molecule has 1 aliphatic carbocycles. The molecular weight excluding hydrogens is 326 g/mol. The van der Waals surface area contributed by atoms with Crippen molar-refractivity contribution in [2.24, 2.45) is 0 Å². The van der Waals surface area contributed by atoms with E-state index < -0.39 is 0 Å². The van der Waals surface area contributed by atoms with Crippen molar-refractivity contribution < 1.29 is 9.53 Å². The molecule has 1 aliphatic rings. The molecule has 5 nitrogen and oxygen atoms in total. The second kappa shape index (κ2) is 8.70. The van der Waals surface area contributed by atoms with Gasteiger partial charge < -0.3 is 15.4 Å². The largest absolute Gasteiger partial charge is 0.489 e. The third-order valence-corrected chi connectivity index (χ3v) is 4.47. The fourth-order valence-electron chi connectivity index (χ4n) is 3.21. The summed E-state index contributed by atoms with van der Waals surface area (Å²) >= 11 is 0. The highest BCUT2D eigenvalue weighted by Crippen LogP contribution is 2.25. The van der Waals surface area contributed by atoms with Gasteiger partial charge in [0.2, 0.25) is 0 Å². The van der Waals surface area contributed by atoms with Crippen LogP contribution in [0.4, 0.5) is 11.4 Å². The highest BCUT2D eigenvalue weighted by molar-refractivity contribution is 6.03. The van der Waals surface area contributed by atoms with Crippen LogP contribution in [-0.4, -0.2) is 23.0 Å². The Bertz CT molecular complexity index is 722. The average Bonchev–Trinajstić information content (AvgIpc) is 2.64. The van der Waals surface area contributed by atoms with Crippen LogP contribution in [0.5, 0.6) is 5.75 Å². The van der Waals surface area contributed by atoms with Gasteiger partial charge in [-0.25, -0.2) is 4.98 Å². The number of hydrogen-bond donors (Lipinski definition) is 2. The standard InChI is InChI=1S/C21H27N3O2/c1-15(2)26-20-11-7-6-10-18(20)24-21(25)19-13-12-17(14-22-19)23-16-8-4-3-5-9-16/h6-7,10-16,23H,3-5,8-9H2,1-2H3,(H,24,25). The normalized spacial score (nSPS) is 14.9. The topological polar surface area (TPSA) is 63.2 Å². The first-order chi connectivity index (χ1) is 12.6. The molecule has 1 amide bonds. The van der Waals surface area contributed by atoms with Crippen molar-refractivity contribution in [1.82, 2.24) is 4.98 Å². The Morgan fingerprint density at radius 2 is 1.88 bits per heavy atom. The first-order valence-electron chi connectivity index (χ1n) is 9.41. The second-order valence-corrected chi connectivity index (χ2v) is 7.03. The summed E-state index contributed by atoms with van der Waals surface area (Å²) in [6, 6.07) is 11.6. The van der Waals surface area contributed by atoms with Crippen LogP contribution >= 0.6 is 0 Å². The van der Waals surface area contributed by atoms with Crippen LogP contribution in [0.3, 0.4) is 0 Å². The highest BCUT2D eigenvalue weighted by atomic mass is 16.5. The first kappa shape index (κ1) is 18.2. The molecule has 0 saturated heterocycles. The summed E-state index contributed by atoms with van der Waals surface area (Å²) < 4.78 is 5.74. The molecule has 5 heteroatoms. The van der Waals surface area contributed by atoms with E-state index in [-0.39, 0.29) is 12.0 Å². The van der Waals surface area contributed by atoms with Gasteiger partial charge in [-0.15, -0.1) is 0 Å². The number of nitrogens with one attached hydrogen (secondary N) is 2. The summed E-state index contributed by atoms with van der Waals surface area (Å²) in [5, 5.41) is 6.40. The van der Waals surface area contributed by atoms with Crippen molar-refractivity contribution in [3.63, 3.8) is 0 Å². The summed E-state index contributed by atoms with van der Waals surface area (Å²) in [5.41, 5.74) is 2.01. The molecule has 1 saturated carbocycles. The first-order valence-corrected chi connectivity index (χ1v) is 9.41. The summed E-state index contributed by atoms with van der Waals surface area (Å²) in [5.74, 6) is 0.417. The monoisotopic (exact) mass is 353 g/mol. The van der Waals surface area contributed by atoms with Crippen LogP contribution < -0.4 is 15.4 Å². The van der Waals surface area contributed by atoms with Crippen LogP contribution in [-0.2, 0) is 0 Å². The van der Waals surface area contributed by atoms with Gasteiger partial charge in [-0.1, -0.05) is 31.4 Å². The molecule has 1 aromatic heterocycles. The molecule has 26 heavy (non-hydrogen) atoms. The van der Waals surface area contributed by atoms with E-state index in [4.69, 9.17) is 4.74 Å². The van der Waals surface area contributed by atoms with E-state index in [1.807, 2.05) is 44.2 Å². The van der Waals surface area contributed by atoms with Crippen molar-refractivity contribution in [3.8, 4) is 5.75 Å². The number of rotatable bonds is 6. The van der Waals surface area contributed by atoms with Gasteiger partial charge in [0.1, 0.15) is 11.4 Å². The van der Waals surface area contributed by atoms with Gasteiger partial charge in [-0.3, -0.25) is 4.79 Å². The molecule has 0 bridgehead atoms. The number of amides is 1. The number of pyridine rings is 1. The lowest BCUT2D eigenvalue weighted by Crippen LogP contribution is -2.22. The van der Waals surface area contributed by atoms with Crippen LogP contribution in [0.2, 0.25) is 0 Å². The Morgan fingerprint density at radius 3 is 2.58 bits per heavy atom. The molecule has 138 valence electrons. The van der Waals surface area contributed by atoms with Crippen molar-refractivity contribution in [1.29, 1.82) is 0 Å². The Kier molecular flexibility index (Phi) is 6.10. The SMILES string of the molecule is CC(C)Oc1ccccc1NC(=O)c1ccc(NC2CCCCC2)cn1. The predicted octanol–water partition coefficient (Wildman–Crippen LogP) is 4.87. The van der Waals surface area contributed by atoms with Gasteiger partial charge in [-0.2, -0.15) is 0 Å². The van der Waals surface area contributed by atoms with Crippen molar-refractivity contribution in [2.45, 2.75) is 58.1 Å². The number of carbonyl (C=O) groups excluding carboxylic acids is 1. The lowest BCUT2D eigenvalue weighted by molar-refractivity contribution is 0.102. The third-order valence-electron chi connectivity index (χ3n) is 4.47. The molecule has 2 aromatic rings. The predicted molar refractivity (Wildman–Crippen MR) is 105 cm³/mol. The molecule has 0 unspecified atom stereocenters. The fraction of sp³-hybridized carbons (Fsp3) is 0.429. The van der Waals surface area contributed by atoms with E-state index >= 15 is 0 Å². The minimum Gasteiger partial charge on any atom is -0.489 e. The summed E-state index contributed by atoms with van der Waals surface area (Å²) in [4.78, 5) is 16.8. The van der Waals surface area contributed by atoms with Gasteiger partial charge in [0.05, 0.1) is 23.7 Å². The van der Waals surface area contributed by atoms with Gasteiger partial charge in [0, 0.05) is 6.04 Å². The molecular formula is C21H27N3O2. The van der Waals surface area contributed by atoms with E-state index in [9.17, 15) is 4.79 Å². The maximum absolute atomic E-state index is 12.5. The van der Waals surface area contributed by atoms with E-state index in [0.29, 0.717) is 23.2 Å². The number of anilines is 2. The minimum absolute atomic E-state index is 0.0383. The summed E-state index contributed by atoms with van der Waals surface area (Å²) in [7, 11) is 0. The lowest BCUT2D eigenvalue weighted by atomic mass is 9.95. The molecule has 0 radical (unpaired) electrons. The maximum Gasteiger partial charge on any atom is 0.274 e. The number of carbonyl (C=O) groups is 1. The van der Waals surface area contributed by atoms with E-state index in [1.54, 1.807) is 12.3 Å². The Labute approximate surface area is 155 Å². The van der Waals surface area contributed by atoms with Crippen LogP contribution in [0.1, 0.15) is 56.4 Å². The van der Waals surface area contributed by atoms with Gasteiger partial charge in [-0.05, 0) is 51.0 Å². The smallest absolute Gasteiger partial charge is 0.274 e. The van der Waals surface area contributed by atoms with Gasteiger partial charge in [0.25, 0.3) is 5.91 Å². The molecule has 1 aromatic carbocycles. The number of ether oxygens (including phenoxy) is 1. The minimum atomic E-state index is -0.242. The quantitative estimate of drug-likeness (QED) is 0.778.